The van der Waals surface area contributed by atoms with E-state index in [1.54, 1.807) is 4.90 Å². The number of benzene rings is 1. The number of hydrogen-bond acceptors (Lipinski definition) is 3. The summed E-state index contributed by atoms with van der Waals surface area (Å²) in [7, 11) is 0. The van der Waals surface area contributed by atoms with Crippen LogP contribution in [0.4, 0.5) is 4.79 Å². The molecular weight excluding hydrogens is 272 g/mol. The van der Waals surface area contributed by atoms with E-state index in [1.807, 2.05) is 38.1 Å². The molecule has 1 aliphatic heterocycles. The summed E-state index contributed by atoms with van der Waals surface area (Å²) in [6, 6.07) is 8.03. The highest BCUT2D eigenvalue weighted by atomic mass is 32.2. The summed E-state index contributed by atoms with van der Waals surface area (Å²) in [5.74, 6) is 0.825. The zero-order chi connectivity index (χ0) is 14.5. The van der Waals surface area contributed by atoms with Gasteiger partial charge in [-0.1, -0.05) is 36.0 Å². The van der Waals surface area contributed by atoms with Crippen LogP contribution in [-0.2, 0) is 4.79 Å². The predicted octanol–water partition coefficient (Wildman–Crippen LogP) is 2.73. The fourth-order valence-electron chi connectivity index (χ4n) is 2.33. The van der Waals surface area contributed by atoms with Gasteiger partial charge in [-0.3, -0.25) is 9.59 Å². The van der Waals surface area contributed by atoms with Crippen molar-refractivity contribution in [3.8, 4) is 0 Å². The van der Waals surface area contributed by atoms with Crippen molar-refractivity contribution in [1.82, 2.24) is 10.2 Å². The SMILES string of the molecule is Cc1ccccc1C(C)NC(=O)CCN1CCSC1=O. The molecule has 2 amide bonds. The van der Waals surface area contributed by atoms with E-state index in [1.165, 1.54) is 17.3 Å². The maximum Gasteiger partial charge on any atom is 0.281 e. The Morgan fingerprint density at radius 3 is 2.85 bits per heavy atom. The molecule has 0 saturated carbocycles. The average molecular weight is 292 g/mol. The van der Waals surface area contributed by atoms with E-state index in [-0.39, 0.29) is 17.2 Å². The Kier molecular flexibility index (Phi) is 5.06. The molecule has 1 aromatic rings. The summed E-state index contributed by atoms with van der Waals surface area (Å²) in [5, 5.41) is 3.08. The minimum Gasteiger partial charge on any atom is -0.350 e. The van der Waals surface area contributed by atoms with E-state index in [0.717, 1.165) is 17.9 Å². The van der Waals surface area contributed by atoms with Gasteiger partial charge < -0.3 is 10.2 Å². The molecule has 1 aliphatic rings. The monoisotopic (exact) mass is 292 g/mol. The molecule has 0 bridgehead atoms. The van der Waals surface area contributed by atoms with Gasteiger partial charge in [-0.2, -0.15) is 0 Å². The van der Waals surface area contributed by atoms with Crippen LogP contribution in [0.2, 0.25) is 0 Å². The first-order valence-corrected chi connectivity index (χ1v) is 7.83. The van der Waals surface area contributed by atoms with Crippen molar-refractivity contribution < 1.29 is 9.59 Å². The third-order valence-corrected chi connectivity index (χ3v) is 4.38. The van der Waals surface area contributed by atoms with Crippen molar-refractivity contribution in [2.45, 2.75) is 26.3 Å². The quantitative estimate of drug-likeness (QED) is 0.908. The summed E-state index contributed by atoms with van der Waals surface area (Å²) < 4.78 is 0. The third-order valence-electron chi connectivity index (χ3n) is 3.49. The van der Waals surface area contributed by atoms with Crippen LogP contribution in [0.3, 0.4) is 0 Å². The van der Waals surface area contributed by atoms with Gasteiger partial charge in [0.1, 0.15) is 0 Å². The van der Waals surface area contributed by atoms with Gasteiger partial charge in [0, 0.05) is 25.3 Å². The van der Waals surface area contributed by atoms with Crippen LogP contribution in [0.1, 0.15) is 30.5 Å². The van der Waals surface area contributed by atoms with Gasteiger partial charge >= 0.3 is 0 Å². The second-order valence-corrected chi connectivity index (χ2v) is 6.04. The summed E-state index contributed by atoms with van der Waals surface area (Å²) in [5.41, 5.74) is 2.31. The number of nitrogens with zero attached hydrogens (tertiary/aromatic N) is 1. The first-order valence-electron chi connectivity index (χ1n) is 6.84. The van der Waals surface area contributed by atoms with E-state index >= 15 is 0 Å². The van der Waals surface area contributed by atoms with Crippen molar-refractivity contribution in [3.63, 3.8) is 0 Å². The standard InChI is InChI=1S/C15H20N2O2S/c1-11-5-3-4-6-13(11)12(2)16-14(18)7-8-17-9-10-20-15(17)19/h3-6,12H,7-10H2,1-2H3,(H,16,18). The molecule has 2 rings (SSSR count). The summed E-state index contributed by atoms with van der Waals surface area (Å²) in [6.07, 6.45) is 0.364. The Hall–Kier alpha value is -1.49. The fraction of sp³-hybridized carbons (Fsp3) is 0.467. The largest absolute Gasteiger partial charge is 0.350 e. The zero-order valence-corrected chi connectivity index (χ0v) is 12.7. The van der Waals surface area contributed by atoms with Crippen molar-refractivity contribution in [2.24, 2.45) is 0 Å². The highest BCUT2D eigenvalue weighted by Crippen LogP contribution is 2.18. The van der Waals surface area contributed by atoms with Crippen molar-refractivity contribution in [3.05, 3.63) is 35.4 Å². The second kappa shape index (κ2) is 6.79. The molecule has 20 heavy (non-hydrogen) atoms. The number of carbonyl (C=O) groups is 2. The van der Waals surface area contributed by atoms with E-state index in [2.05, 4.69) is 5.32 Å². The van der Waals surface area contributed by atoms with Crippen LogP contribution >= 0.6 is 11.8 Å². The number of nitrogens with one attached hydrogen (secondary N) is 1. The van der Waals surface area contributed by atoms with Crippen molar-refractivity contribution in [2.75, 3.05) is 18.8 Å². The number of hydrogen-bond donors (Lipinski definition) is 1. The van der Waals surface area contributed by atoms with Gasteiger partial charge in [0.25, 0.3) is 5.24 Å². The Morgan fingerprint density at radius 2 is 2.20 bits per heavy atom. The topological polar surface area (TPSA) is 49.4 Å². The summed E-state index contributed by atoms with van der Waals surface area (Å²) in [6.45, 7) is 5.29. The lowest BCUT2D eigenvalue weighted by Gasteiger charge is -2.18. The molecule has 1 aromatic carbocycles. The fourth-order valence-corrected chi connectivity index (χ4v) is 3.18. The maximum absolute atomic E-state index is 11.9. The van der Waals surface area contributed by atoms with E-state index in [0.29, 0.717) is 13.0 Å². The van der Waals surface area contributed by atoms with Crippen LogP contribution in [0.15, 0.2) is 24.3 Å². The van der Waals surface area contributed by atoms with E-state index < -0.39 is 0 Å². The molecule has 0 radical (unpaired) electrons. The van der Waals surface area contributed by atoms with Crippen LogP contribution < -0.4 is 5.32 Å². The van der Waals surface area contributed by atoms with E-state index in [9.17, 15) is 9.59 Å². The number of carbonyl (C=O) groups excluding carboxylic acids is 2. The van der Waals surface area contributed by atoms with Crippen LogP contribution in [0.25, 0.3) is 0 Å². The number of amides is 2. The predicted molar refractivity (Wildman–Crippen MR) is 81.8 cm³/mol. The smallest absolute Gasteiger partial charge is 0.281 e. The Morgan fingerprint density at radius 1 is 1.45 bits per heavy atom. The first kappa shape index (κ1) is 14.9. The van der Waals surface area contributed by atoms with Crippen molar-refractivity contribution in [1.29, 1.82) is 0 Å². The van der Waals surface area contributed by atoms with Crippen LogP contribution in [0, 0.1) is 6.92 Å². The second-order valence-electron chi connectivity index (χ2n) is 5.00. The molecule has 0 spiro atoms. The van der Waals surface area contributed by atoms with Gasteiger partial charge in [0.05, 0.1) is 6.04 Å². The molecule has 5 heteroatoms. The zero-order valence-electron chi connectivity index (χ0n) is 11.9. The molecule has 0 aliphatic carbocycles. The summed E-state index contributed by atoms with van der Waals surface area (Å²) in [4.78, 5) is 25.1. The molecule has 108 valence electrons. The van der Waals surface area contributed by atoms with Crippen LogP contribution in [-0.4, -0.2) is 34.9 Å². The Balaban J connectivity index is 1.82. The maximum atomic E-state index is 11.9. The minimum atomic E-state index is -0.00884. The molecule has 1 N–H and O–H groups in total. The molecule has 1 fully saturated rings. The Bertz CT molecular complexity index is 504. The lowest BCUT2D eigenvalue weighted by atomic mass is 10.0. The number of aryl methyl sites for hydroxylation is 1. The third kappa shape index (κ3) is 3.76. The van der Waals surface area contributed by atoms with Gasteiger partial charge in [-0.15, -0.1) is 0 Å². The molecule has 0 aromatic heterocycles. The van der Waals surface area contributed by atoms with Crippen molar-refractivity contribution >= 4 is 22.9 Å². The van der Waals surface area contributed by atoms with Crippen LogP contribution in [0.5, 0.6) is 0 Å². The lowest BCUT2D eigenvalue weighted by molar-refractivity contribution is -0.121. The average Bonchev–Trinajstić information content (AvgIpc) is 2.82. The Labute approximate surface area is 123 Å². The molecule has 1 saturated heterocycles. The number of thioether (sulfide) groups is 1. The summed E-state index contributed by atoms with van der Waals surface area (Å²) >= 11 is 1.33. The van der Waals surface area contributed by atoms with Gasteiger partial charge in [0.2, 0.25) is 5.91 Å². The first-order chi connectivity index (χ1) is 9.58. The van der Waals surface area contributed by atoms with Gasteiger partial charge in [-0.05, 0) is 25.0 Å². The molecule has 1 heterocycles. The lowest BCUT2D eigenvalue weighted by Crippen LogP contribution is -2.32. The minimum absolute atomic E-state index is 0.00708. The number of rotatable bonds is 5. The normalized spacial score (nSPS) is 16.3. The molecule has 4 nitrogen and oxygen atoms in total. The van der Waals surface area contributed by atoms with Gasteiger partial charge in [0.15, 0.2) is 0 Å². The molecule has 1 atom stereocenters. The van der Waals surface area contributed by atoms with Gasteiger partial charge in [-0.25, -0.2) is 0 Å². The molecular formula is C15H20N2O2S. The molecule has 1 unspecified atom stereocenters. The highest BCUT2D eigenvalue weighted by Gasteiger charge is 2.21. The van der Waals surface area contributed by atoms with E-state index in [4.69, 9.17) is 0 Å². The highest BCUT2D eigenvalue weighted by molar-refractivity contribution is 8.13.